The van der Waals surface area contributed by atoms with Crippen LogP contribution in [-0.2, 0) is 22.7 Å². The molecule has 2 aromatic carbocycles. The molecule has 1 N–H and O–H groups in total. The predicted molar refractivity (Wildman–Crippen MR) is 133 cm³/mol. The Morgan fingerprint density at radius 1 is 1.14 bits per heavy atom. The summed E-state index contributed by atoms with van der Waals surface area (Å²) < 4.78 is 18.4. The zero-order valence-corrected chi connectivity index (χ0v) is 20.6. The third-order valence-electron chi connectivity index (χ3n) is 5.17. The summed E-state index contributed by atoms with van der Waals surface area (Å²) in [5.74, 6) is 2.20. The smallest absolute Gasteiger partial charge is 0.238 e. The van der Waals surface area contributed by atoms with Gasteiger partial charge in [-0.25, -0.2) is 0 Å². The van der Waals surface area contributed by atoms with Crippen LogP contribution in [-0.4, -0.2) is 44.8 Å². The topological polar surface area (TPSA) is 104 Å². The maximum atomic E-state index is 12.6. The van der Waals surface area contributed by atoms with E-state index in [4.69, 9.17) is 14.0 Å². The number of thioether (sulfide) groups is 1. The highest BCUT2D eigenvalue weighted by molar-refractivity contribution is 8.00. The average molecular weight is 494 g/mol. The maximum Gasteiger partial charge on any atom is 0.238 e. The van der Waals surface area contributed by atoms with E-state index in [9.17, 15) is 4.79 Å². The number of carbonyl (C=O) groups excluding carboxylic acids is 1. The molecule has 0 spiro atoms. The van der Waals surface area contributed by atoms with Crippen LogP contribution in [0.15, 0.2) is 70.3 Å². The summed E-state index contributed by atoms with van der Waals surface area (Å²) in [7, 11) is 1.64. The van der Waals surface area contributed by atoms with E-state index >= 15 is 0 Å². The van der Waals surface area contributed by atoms with Crippen molar-refractivity contribution in [3.05, 3.63) is 72.2 Å². The molecule has 4 rings (SSSR count). The number of hydrogen-bond donors (Lipinski definition) is 1. The molecule has 1 unspecified atom stereocenters. The van der Waals surface area contributed by atoms with Crippen LogP contribution in [0.5, 0.6) is 5.75 Å². The fourth-order valence-corrected chi connectivity index (χ4v) is 4.27. The zero-order valence-electron chi connectivity index (χ0n) is 19.8. The summed E-state index contributed by atoms with van der Waals surface area (Å²) in [5.41, 5.74) is 2.07. The minimum absolute atomic E-state index is 0.209. The van der Waals surface area contributed by atoms with Crippen LogP contribution in [0.25, 0.3) is 11.1 Å². The molecule has 0 saturated carbocycles. The minimum atomic E-state index is -0.440. The van der Waals surface area contributed by atoms with Gasteiger partial charge in [-0.1, -0.05) is 65.4 Å². The van der Waals surface area contributed by atoms with E-state index in [-0.39, 0.29) is 12.5 Å². The van der Waals surface area contributed by atoms with Gasteiger partial charge in [0.15, 0.2) is 16.8 Å². The van der Waals surface area contributed by atoms with Gasteiger partial charge in [0.05, 0.1) is 11.9 Å². The fourth-order valence-electron chi connectivity index (χ4n) is 3.38. The number of amides is 1. The molecule has 10 heteroatoms. The molecule has 2 aromatic heterocycles. The van der Waals surface area contributed by atoms with Crippen LogP contribution in [0.2, 0.25) is 0 Å². The summed E-state index contributed by atoms with van der Waals surface area (Å²) in [4.78, 5) is 12.6. The van der Waals surface area contributed by atoms with E-state index < -0.39 is 5.25 Å². The molecule has 0 radical (unpaired) electrons. The van der Waals surface area contributed by atoms with E-state index in [1.165, 1.54) is 11.8 Å². The van der Waals surface area contributed by atoms with Crippen molar-refractivity contribution in [1.82, 2.24) is 19.9 Å². The summed E-state index contributed by atoms with van der Waals surface area (Å²) in [6.45, 7) is 4.79. The predicted octanol–water partition coefficient (Wildman–Crippen LogP) is 4.59. The number of nitrogens with one attached hydrogen (secondary N) is 1. The van der Waals surface area contributed by atoms with Gasteiger partial charge in [-0.05, 0) is 25.5 Å². The van der Waals surface area contributed by atoms with Crippen molar-refractivity contribution < 1.29 is 18.8 Å². The summed E-state index contributed by atoms with van der Waals surface area (Å²) >= 11 is 1.31. The summed E-state index contributed by atoms with van der Waals surface area (Å²) in [6.07, 6.45) is 0. The van der Waals surface area contributed by atoms with Crippen LogP contribution in [0.3, 0.4) is 0 Å². The Morgan fingerprint density at radius 2 is 1.91 bits per heavy atom. The number of para-hydroxylation sites is 1. The van der Waals surface area contributed by atoms with Crippen LogP contribution >= 0.6 is 11.8 Å². The third-order valence-corrected chi connectivity index (χ3v) is 6.25. The Labute approximate surface area is 207 Å². The van der Waals surface area contributed by atoms with Gasteiger partial charge in [0, 0.05) is 25.3 Å². The standard InChI is InChI=1S/C25H27N5O4S/c1-17-15-22(29-34-17)26-24(31)18(2)35-25-28-27-23(30(25)13-14-32-3)16-33-21-12-8-7-11-20(21)19-9-5-4-6-10-19/h4-12,15,18H,13-14,16H2,1-3H3,(H,26,29,31). The Balaban J connectivity index is 1.47. The highest BCUT2D eigenvalue weighted by Crippen LogP contribution is 2.30. The third kappa shape index (κ3) is 6.28. The molecule has 0 aliphatic carbocycles. The largest absolute Gasteiger partial charge is 0.485 e. The van der Waals surface area contributed by atoms with Crippen molar-refractivity contribution in [2.75, 3.05) is 19.0 Å². The first-order valence-electron chi connectivity index (χ1n) is 11.1. The molecule has 0 aliphatic rings. The van der Waals surface area contributed by atoms with Crippen molar-refractivity contribution in [2.24, 2.45) is 0 Å². The molecular weight excluding hydrogens is 466 g/mol. The molecule has 9 nitrogen and oxygen atoms in total. The van der Waals surface area contributed by atoms with Gasteiger partial charge in [-0.3, -0.25) is 4.79 Å². The van der Waals surface area contributed by atoms with E-state index in [1.54, 1.807) is 27.0 Å². The number of anilines is 1. The monoisotopic (exact) mass is 493 g/mol. The SMILES string of the molecule is COCCn1c(COc2ccccc2-c2ccccc2)nnc1SC(C)C(=O)Nc1cc(C)on1. The average Bonchev–Trinajstić information content (AvgIpc) is 3.46. The van der Waals surface area contributed by atoms with E-state index in [1.807, 2.05) is 59.2 Å². The molecule has 1 atom stereocenters. The molecule has 0 fully saturated rings. The first-order chi connectivity index (χ1) is 17.0. The molecule has 2 heterocycles. The lowest BCUT2D eigenvalue weighted by atomic mass is 10.1. The van der Waals surface area contributed by atoms with Gasteiger partial charge in [0.2, 0.25) is 5.91 Å². The molecule has 182 valence electrons. The Morgan fingerprint density at radius 3 is 2.66 bits per heavy atom. The van der Waals surface area contributed by atoms with Gasteiger partial charge in [0.1, 0.15) is 18.1 Å². The van der Waals surface area contributed by atoms with Gasteiger partial charge in [-0.15, -0.1) is 10.2 Å². The molecule has 0 saturated heterocycles. The molecule has 1 amide bonds. The minimum Gasteiger partial charge on any atom is -0.485 e. The Hall–Kier alpha value is -3.63. The second-order valence-electron chi connectivity index (χ2n) is 7.77. The first kappa shape index (κ1) is 24.5. The molecule has 0 aliphatic heterocycles. The second kappa shape index (κ2) is 11.7. The van der Waals surface area contributed by atoms with Crippen molar-refractivity contribution >= 4 is 23.5 Å². The zero-order chi connectivity index (χ0) is 24.6. The van der Waals surface area contributed by atoms with Gasteiger partial charge in [-0.2, -0.15) is 0 Å². The number of aromatic nitrogens is 4. The summed E-state index contributed by atoms with van der Waals surface area (Å²) in [6, 6.07) is 19.6. The van der Waals surface area contributed by atoms with Crippen LogP contribution in [0.1, 0.15) is 18.5 Å². The lowest BCUT2D eigenvalue weighted by molar-refractivity contribution is -0.115. The maximum absolute atomic E-state index is 12.6. The number of aryl methyl sites for hydroxylation is 1. The summed E-state index contributed by atoms with van der Waals surface area (Å²) in [5, 5.41) is 15.4. The number of rotatable bonds is 11. The molecular formula is C25H27N5O4S. The van der Waals surface area contributed by atoms with E-state index in [2.05, 4.69) is 20.7 Å². The number of benzene rings is 2. The second-order valence-corrected chi connectivity index (χ2v) is 9.07. The number of hydrogen-bond acceptors (Lipinski definition) is 8. The van der Waals surface area contributed by atoms with Crippen molar-refractivity contribution in [2.45, 2.75) is 37.4 Å². The van der Waals surface area contributed by atoms with Crippen molar-refractivity contribution in [3.8, 4) is 16.9 Å². The van der Waals surface area contributed by atoms with Gasteiger partial charge in [0.25, 0.3) is 0 Å². The van der Waals surface area contributed by atoms with Crippen LogP contribution in [0.4, 0.5) is 5.82 Å². The number of methoxy groups -OCH3 is 1. The number of ether oxygens (including phenoxy) is 2. The Bertz CT molecular complexity index is 1260. The van der Waals surface area contributed by atoms with Gasteiger partial charge < -0.3 is 23.9 Å². The highest BCUT2D eigenvalue weighted by atomic mass is 32.2. The highest BCUT2D eigenvalue weighted by Gasteiger charge is 2.21. The van der Waals surface area contributed by atoms with Crippen molar-refractivity contribution in [1.29, 1.82) is 0 Å². The molecule has 35 heavy (non-hydrogen) atoms. The first-order valence-corrected chi connectivity index (χ1v) is 12.0. The quantitative estimate of drug-likeness (QED) is 0.303. The fraction of sp³-hybridized carbons (Fsp3) is 0.280. The normalized spacial score (nSPS) is 11.9. The molecule has 4 aromatic rings. The van der Waals surface area contributed by atoms with Crippen LogP contribution in [0, 0.1) is 6.92 Å². The number of nitrogens with zero attached hydrogens (tertiary/aromatic N) is 4. The Kier molecular flexibility index (Phi) is 8.17. The van der Waals surface area contributed by atoms with Crippen molar-refractivity contribution in [3.63, 3.8) is 0 Å². The number of carbonyl (C=O) groups is 1. The lowest BCUT2D eigenvalue weighted by Crippen LogP contribution is -2.23. The lowest BCUT2D eigenvalue weighted by Gasteiger charge is -2.14. The van der Waals surface area contributed by atoms with Gasteiger partial charge >= 0.3 is 0 Å². The van der Waals surface area contributed by atoms with Crippen LogP contribution < -0.4 is 10.1 Å². The molecule has 0 bridgehead atoms. The van der Waals surface area contributed by atoms with E-state index in [0.717, 1.165) is 16.9 Å². The van der Waals surface area contributed by atoms with E-state index in [0.29, 0.717) is 35.7 Å².